The molecule has 0 aliphatic heterocycles. The summed E-state index contributed by atoms with van der Waals surface area (Å²) in [6.07, 6.45) is 5.52. The molecule has 5 nitrogen and oxygen atoms in total. The van der Waals surface area contributed by atoms with Gasteiger partial charge in [-0.25, -0.2) is 4.79 Å². The molecular formula is C22H25NO4. The van der Waals surface area contributed by atoms with Crippen molar-refractivity contribution in [3.8, 4) is 5.75 Å². The molecule has 0 radical (unpaired) electrons. The van der Waals surface area contributed by atoms with E-state index in [1.165, 1.54) is 6.42 Å². The van der Waals surface area contributed by atoms with Gasteiger partial charge >= 0.3 is 5.97 Å². The Balaban J connectivity index is 1.42. The standard InChI is InChI=1S/C22H25NO4/c24-21(23-19-9-5-2-6-10-19)16-27-22(25)18-11-13-20(14-12-18)26-15-17-7-3-1-4-8-17/h1,3-4,7-8,11-14,19H,2,5-6,9-10,15-16H2,(H,23,24). The number of benzene rings is 2. The Morgan fingerprint density at radius 2 is 1.63 bits per heavy atom. The zero-order chi connectivity index (χ0) is 18.9. The summed E-state index contributed by atoms with van der Waals surface area (Å²) in [5, 5.41) is 2.93. The van der Waals surface area contributed by atoms with Crippen molar-refractivity contribution >= 4 is 11.9 Å². The smallest absolute Gasteiger partial charge is 0.338 e. The lowest BCUT2D eigenvalue weighted by Gasteiger charge is -2.22. The highest BCUT2D eigenvalue weighted by Crippen LogP contribution is 2.17. The van der Waals surface area contributed by atoms with E-state index in [1.54, 1.807) is 24.3 Å². The van der Waals surface area contributed by atoms with E-state index in [-0.39, 0.29) is 18.6 Å². The summed E-state index contributed by atoms with van der Waals surface area (Å²) in [4.78, 5) is 24.0. The molecule has 0 atom stereocenters. The van der Waals surface area contributed by atoms with Gasteiger partial charge in [-0.15, -0.1) is 0 Å². The third kappa shape index (κ3) is 6.13. The first-order valence-electron chi connectivity index (χ1n) is 9.44. The minimum absolute atomic E-state index is 0.214. The number of carbonyl (C=O) groups excluding carboxylic acids is 2. The van der Waals surface area contributed by atoms with Crippen molar-refractivity contribution in [2.75, 3.05) is 6.61 Å². The molecule has 0 aromatic heterocycles. The van der Waals surface area contributed by atoms with Gasteiger partial charge in [-0.2, -0.15) is 0 Å². The summed E-state index contributed by atoms with van der Waals surface area (Å²) >= 11 is 0. The van der Waals surface area contributed by atoms with Crippen molar-refractivity contribution in [1.82, 2.24) is 5.32 Å². The van der Waals surface area contributed by atoms with Crippen LogP contribution in [0.15, 0.2) is 54.6 Å². The van der Waals surface area contributed by atoms with Crippen LogP contribution < -0.4 is 10.1 Å². The van der Waals surface area contributed by atoms with E-state index in [0.29, 0.717) is 17.9 Å². The van der Waals surface area contributed by atoms with Crippen LogP contribution in [0.1, 0.15) is 48.0 Å². The fourth-order valence-electron chi connectivity index (χ4n) is 3.16. The quantitative estimate of drug-likeness (QED) is 0.755. The number of esters is 1. The number of hydrogen-bond donors (Lipinski definition) is 1. The maximum atomic E-state index is 12.1. The van der Waals surface area contributed by atoms with E-state index in [2.05, 4.69) is 5.32 Å². The predicted octanol–water partition coefficient (Wildman–Crippen LogP) is 3.87. The predicted molar refractivity (Wildman–Crippen MR) is 103 cm³/mol. The molecule has 0 unspecified atom stereocenters. The Hall–Kier alpha value is -2.82. The van der Waals surface area contributed by atoms with Crippen LogP contribution in [0.3, 0.4) is 0 Å². The molecule has 5 heteroatoms. The number of amides is 1. The summed E-state index contributed by atoms with van der Waals surface area (Å²) in [5.74, 6) is -0.0769. The highest BCUT2D eigenvalue weighted by molar-refractivity contribution is 5.91. The lowest BCUT2D eigenvalue weighted by atomic mass is 9.95. The van der Waals surface area contributed by atoms with Crippen LogP contribution in [0.4, 0.5) is 0 Å². The van der Waals surface area contributed by atoms with Gasteiger partial charge in [0.1, 0.15) is 12.4 Å². The SMILES string of the molecule is O=C(COC(=O)c1ccc(OCc2ccccc2)cc1)NC1CCCCC1. The van der Waals surface area contributed by atoms with Crippen LogP contribution in [0.25, 0.3) is 0 Å². The molecule has 3 rings (SSSR count). The molecule has 1 aliphatic carbocycles. The fraction of sp³-hybridized carbons (Fsp3) is 0.364. The van der Waals surface area contributed by atoms with Crippen molar-refractivity contribution in [2.24, 2.45) is 0 Å². The molecule has 1 N–H and O–H groups in total. The molecule has 0 heterocycles. The molecule has 1 amide bonds. The van der Waals surface area contributed by atoms with Crippen LogP contribution in [-0.4, -0.2) is 24.5 Å². The Morgan fingerprint density at radius 3 is 2.33 bits per heavy atom. The maximum absolute atomic E-state index is 12.1. The minimum Gasteiger partial charge on any atom is -0.489 e. The number of rotatable bonds is 7. The van der Waals surface area contributed by atoms with E-state index < -0.39 is 5.97 Å². The molecule has 1 aliphatic rings. The van der Waals surface area contributed by atoms with Gasteiger partial charge in [0, 0.05) is 6.04 Å². The zero-order valence-corrected chi connectivity index (χ0v) is 15.4. The average Bonchev–Trinajstić information content (AvgIpc) is 2.72. The molecule has 1 fully saturated rings. The van der Waals surface area contributed by atoms with E-state index in [9.17, 15) is 9.59 Å². The highest BCUT2D eigenvalue weighted by Gasteiger charge is 2.17. The first kappa shape index (κ1) is 19.0. The topological polar surface area (TPSA) is 64.6 Å². The number of nitrogens with one attached hydrogen (secondary N) is 1. The van der Waals surface area contributed by atoms with Gasteiger partial charge in [-0.05, 0) is 42.7 Å². The minimum atomic E-state index is -0.511. The lowest BCUT2D eigenvalue weighted by Crippen LogP contribution is -2.38. The van der Waals surface area contributed by atoms with Gasteiger partial charge < -0.3 is 14.8 Å². The normalized spacial score (nSPS) is 14.4. The third-order valence-corrected chi connectivity index (χ3v) is 4.64. The monoisotopic (exact) mass is 367 g/mol. The number of hydrogen-bond acceptors (Lipinski definition) is 4. The van der Waals surface area contributed by atoms with Gasteiger partial charge in [0.05, 0.1) is 5.56 Å². The van der Waals surface area contributed by atoms with Crippen LogP contribution in [0.5, 0.6) is 5.75 Å². The van der Waals surface area contributed by atoms with Crippen molar-refractivity contribution in [1.29, 1.82) is 0 Å². The molecule has 0 saturated heterocycles. The molecular weight excluding hydrogens is 342 g/mol. The van der Waals surface area contributed by atoms with Gasteiger partial charge in [0.2, 0.25) is 0 Å². The van der Waals surface area contributed by atoms with Crippen LogP contribution >= 0.6 is 0 Å². The molecule has 2 aromatic carbocycles. The van der Waals surface area contributed by atoms with Crippen molar-refractivity contribution in [3.63, 3.8) is 0 Å². The van der Waals surface area contributed by atoms with Gasteiger partial charge in [-0.3, -0.25) is 4.79 Å². The van der Waals surface area contributed by atoms with Crippen molar-refractivity contribution in [2.45, 2.75) is 44.8 Å². The van der Waals surface area contributed by atoms with E-state index in [1.807, 2.05) is 30.3 Å². The summed E-state index contributed by atoms with van der Waals surface area (Å²) in [6.45, 7) is 0.216. The molecule has 27 heavy (non-hydrogen) atoms. The molecule has 1 saturated carbocycles. The van der Waals surface area contributed by atoms with Crippen LogP contribution in [0, 0.1) is 0 Å². The second-order valence-corrected chi connectivity index (χ2v) is 6.78. The van der Waals surface area contributed by atoms with E-state index >= 15 is 0 Å². The number of carbonyl (C=O) groups is 2. The molecule has 2 aromatic rings. The summed E-state index contributed by atoms with van der Waals surface area (Å²) in [5.41, 5.74) is 1.47. The van der Waals surface area contributed by atoms with E-state index in [4.69, 9.17) is 9.47 Å². The average molecular weight is 367 g/mol. The third-order valence-electron chi connectivity index (χ3n) is 4.64. The van der Waals surface area contributed by atoms with Crippen molar-refractivity contribution < 1.29 is 19.1 Å². The molecule has 0 spiro atoms. The summed E-state index contributed by atoms with van der Waals surface area (Å²) in [7, 11) is 0. The fourth-order valence-corrected chi connectivity index (χ4v) is 3.16. The Morgan fingerprint density at radius 1 is 0.926 bits per heavy atom. The Bertz CT molecular complexity index is 737. The Kier molecular flexibility index (Phi) is 6.85. The lowest BCUT2D eigenvalue weighted by molar-refractivity contribution is -0.125. The highest BCUT2D eigenvalue weighted by atomic mass is 16.5. The maximum Gasteiger partial charge on any atom is 0.338 e. The van der Waals surface area contributed by atoms with Crippen LogP contribution in [-0.2, 0) is 16.1 Å². The largest absolute Gasteiger partial charge is 0.489 e. The first-order valence-corrected chi connectivity index (χ1v) is 9.44. The zero-order valence-electron chi connectivity index (χ0n) is 15.4. The second kappa shape index (κ2) is 9.76. The van der Waals surface area contributed by atoms with Gasteiger partial charge in [-0.1, -0.05) is 49.6 Å². The Labute approximate surface area is 159 Å². The first-order chi connectivity index (χ1) is 13.2. The van der Waals surface area contributed by atoms with Crippen molar-refractivity contribution in [3.05, 3.63) is 65.7 Å². The van der Waals surface area contributed by atoms with Crippen LogP contribution in [0.2, 0.25) is 0 Å². The number of ether oxygens (including phenoxy) is 2. The second-order valence-electron chi connectivity index (χ2n) is 6.78. The molecule has 142 valence electrons. The summed E-state index contributed by atoms with van der Waals surface area (Å²) in [6, 6.07) is 16.8. The van der Waals surface area contributed by atoms with Gasteiger partial charge in [0.15, 0.2) is 6.61 Å². The molecule has 0 bridgehead atoms. The van der Waals surface area contributed by atoms with E-state index in [0.717, 1.165) is 31.2 Å². The van der Waals surface area contributed by atoms with Gasteiger partial charge in [0.25, 0.3) is 5.91 Å². The summed E-state index contributed by atoms with van der Waals surface area (Å²) < 4.78 is 10.8.